The lowest BCUT2D eigenvalue weighted by atomic mass is 9.89. The van der Waals surface area contributed by atoms with Crippen LogP contribution in [0.4, 0.5) is 10.9 Å². The summed E-state index contributed by atoms with van der Waals surface area (Å²) in [5, 5.41) is 4.22. The number of ether oxygens (including phenoxy) is 2. The lowest BCUT2D eigenvalue weighted by molar-refractivity contribution is 0.0531. The molecule has 3 fully saturated rings. The van der Waals surface area contributed by atoms with Crippen molar-refractivity contribution >= 4 is 57.4 Å². The first-order chi connectivity index (χ1) is 23.2. The van der Waals surface area contributed by atoms with E-state index in [2.05, 4.69) is 25.0 Å². The van der Waals surface area contributed by atoms with E-state index in [1.165, 1.54) is 50.0 Å². The number of H-pyrrole nitrogens is 1. The van der Waals surface area contributed by atoms with Crippen molar-refractivity contribution in [3.63, 3.8) is 0 Å². The van der Waals surface area contributed by atoms with E-state index in [-0.39, 0.29) is 35.4 Å². The molecule has 2 aliphatic heterocycles. The molecule has 12 nitrogen and oxygen atoms in total. The molecular formula is C33H44Cl2N8O4S. The molecule has 1 amide bonds. The molecule has 5 heterocycles. The average molecular weight is 720 g/mol. The number of hydrogen-bond donors (Lipinski definition) is 2. The van der Waals surface area contributed by atoms with Crippen molar-refractivity contribution in [3.05, 3.63) is 38.7 Å². The van der Waals surface area contributed by atoms with Gasteiger partial charge in [0.2, 0.25) is 0 Å². The van der Waals surface area contributed by atoms with Gasteiger partial charge in [0.15, 0.2) is 5.13 Å². The summed E-state index contributed by atoms with van der Waals surface area (Å²) in [4.78, 5) is 50.7. The molecular weight excluding hydrogens is 675 g/mol. The molecule has 0 bridgehead atoms. The van der Waals surface area contributed by atoms with Crippen LogP contribution in [0.15, 0.2) is 12.4 Å². The molecule has 1 aliphatic carbocycles. The molecule has 1 saturated carbocycles. The number of piperazine rings is 1. The Hall–Kier alpha value is -2.97. The molecule has 6 rings (SSSR count). The van der Waals surface area contributed by atoms with Gasteiger partial charge in [-0.3, -0.25) is 9.69 Å². The second kappa shape index (κ2) is 15.7. The first kappa shape index (κ1) is 34.9. The number of halogens is 2. The number of carbonyl (C=O) groups is 2. The first-order valence-corrected chi connectivity index (χ1v) is 18.4. The van der Waals surface area contributed by atoms with Gasteiger partial charge in [0, 0.05) is 58.6 Å². The third-order valence-electron chi connectivity index (χ3n) is 9.62. The van der Waals surface area contributed by atoms with Crippen LogP contribution in [0, 0.1) is 12.8 Å². The van der Waals surface area contributed by atoms with Crippen molar-refractivity contribution in [2.45, 2.75) is 64.5 Å². The van der Waals surface area contributed by atoms with Crippen LogP contribution in [0.2, 0.25) is 10.0 Å². The smallest absolute Gasteiger partial charge is 0.350 e. The summed E-state index contributed by atoms with van der Waals surface area (Å²) in [6, 6.07) is -0.270. The summed E-state index contributed by atoms with van der Waals surface area (Å²) in [5.74, 6) is 0.875. The number of esters is 1. The minimum absolute atomic E-state index is 0.198. The number of amides is 1. The van der Waals surface area contributed by atoms with E-state index in [4.69, 9.17) is 47.6 Å². The van der Waals surface area contributed by atoms with Gasteiger partial charge in [-0.1, -0.05) is 53.8 Å². The van der Waals surface area contributed by atoms with Crippen molar-refractivity contribution in [2.24, 2.45) is 5.92 Å². The Morgan fingerprint density at radius 1 is 1.02 bits per heavy atom. The molecule has 2 saturated heterocycles. The number of nitrogens with one attached hydrogen (secondary N) is 2. The molecule has 2 atom stereocenters. The first-order valence-electron chi connectivity index (χ1n) is 16.9. The molecule has 0 unspecified atom stereocenters. The maximum absolute atomic E-state index is 13.1. The van der Waals surface area contributed by atoms with Gasteiger partial charge in [-0.25, -0.2) is 19.7 Å². The minimum atomic E-state index is -0.446. The van der Waals surface area contributed by atoms with E-state index in [0.717, 1.165) is 37.9 Å². The van der Waals surface area contributed by atoms with Crippen molar-refractivity contribution < 1.29 is 19.1 Å². The maximum Gasteiger partial charge on any atom is 0.350 e. The zero-order valence-electron chi connectivity index (χ0n) is 27.8. The van der Waals surface area contributed by atoms with Crippen molar-refractivity contribution in [3.8, 4) is 11.4 Å². The molecule has 0 spiro atoms. The Balaban J connectivity index is 1.12. The van der Waals surface area contributed by atoms with Gasteiger partial charge in [0.1, 0.15) is 27.8 Å². The number of carbonyl (C=O) groups excluding carboxylic acids is 2. The average Bonchev–Trinajstić information content (AvgIpc) is 3.67. The zero-order chi connectivity index (χ0) is 33.8. The third-order valence-corrected chi connectivity index (χ3v) is 11.7. The fourth-order valence-electron chi connectivity index (χ4n) is 6.92. The summed E-state index contributed by atoms with van der Waals surface area (Å²) < 4.78 is 11.2. The molecule has 3 aliphatic rings. The Morgan fingerprint density at radius 3 is 2.44 bits per heavy atom. The molecule has 0 aromatic carbocycles. The number of aryl methyl sites for hydroxylation is 1. The van der Waals surface area contributed by atoms with E-state index >= 15 is 0 Å². The second-order valence-electron chi connectivity index (χ2n) is 12.8. The molecule has 0 radical (unpaired) electrons. The highest BCUT2D eigenvalue weighted by Gasteiger charge is 2.34. The number of piperidine rings is 1. The number of rotatable bonds is 10. The van der Waals surface area contributed by atoms with Gasteiger partial charge in [-0.15, -0.1) is 0 Å². The van der Waals surface area contributed by atoms with Crippen LogP contribution >= 0.6 is 34.5 Å². The molecule has 260 valence electrons. The van der Waals surface area contributed by atoms with Gasteiger partial charge in [0.25, 0.3) is 5.91 Å². The maximum atomic E-state index is 13.1. The number of methoxy groups -OCH3 is 1. The molecule has 2 N–H and O–H groups in total. The molecule has 48 heavy (non-hydrogen) atoms. The van der Waals surface area contributed by atoms with Gasteiger partial charge >= 0.3 is 5.97 Å². The van der Waals surface area contributed by atoms with Crippen LogP contribution < -0.4 is 15.1 Å². The number of thiazole rings is 1. The predicted octanol–water partition coefficient (Wildman–Crippen LogP) is 5.45. The van der Waals surface area contributed by atoms with Gasteiger partial charge in [-0.2, -0.15) is 0 Å². The van der Waals surface area contributed by atoms with Crippen molar-refractivity contribution in [1.82, 2.24) is 30.2 Å². The number of anilines is 2. The lowest BCUT2D eigenvalue weighted by Crippen LogP contribution is -2.55. The zero-order valence-corrected chi connectivity index (χ0v) is 30.1. The van der Waals surface area contributed by atoms with E-state index < -0.39 is 5.97 Å². The third kappa shape index (κ3) is 7.75. The summed E-state index contributed by atoms with van der Waals surface area (Å²) in [5.41, 5.74) is 1.82. The quantitative estimate of drug-likeness (QED) is 0.261. The Kier molecular flexibility index (Phi) is 11.4. The van der Waals surface area contributed by atoms with E-state index in [1.54, 1.807) is 33.4 Å². The Morgan fingerprint density at radius 2 is 1.79 bits per heavy atom. The lowest BCUT2D eigenvalue weighted by Gasteiger charge is -2.37. The normalized spacial score (nSPS) is 21.0. The highest BCUT2D eigenvalue weighted by atomic mass is 35.5. The van der Waals surface area contributed by atoms with E-state index in [9.17, 15) is 9.59 Å². The number of aromatic nitrogens is 4. The fraction of sp³-hybridized carbons (Fsp3) is 0.606. The van der Waals surface area contributed by atoms with Crippen LogP contribution in [-0.4, -0.2) is 108 Å². The van der Waals surface area contributed by atoms with Crippen molar-refractivity contribution in [1.29, 1.82) is 0 Å². The topological polar surface area (TPSA) is 129 Å². The molecule has 3 aromatic rings. The van der Waals surface area contributed by atoms with Gasteiger partial charge in [0.05, 0.1) is 41.2 Å². The van der Waals surface area contributed by atoms with E-state index in [0.29, 0.717) is 51.6 Å². The number of nitrogens with zero attached hydrogens (tertiary/aromatic N) is 6. The number of aromatic amines is 1. The van der Waals surface area contributed by atoms with Crippen molar-refractivity contribution in [2.75, 3.05) is 69.3 Å². The molecule has 3 aromatic heterocycles. The van der Waals surface area contributed by atoms with Crippen LogP contribution in [0.25, 0.3) is 11.4 Å². The Labute approximate surface area is 295 Å². The summed E-state index contributed by atoms with van der Waals surface area (Å²) in [7, 11) is 1.61. The molecule has 15 heteroatoms. The highest BCUT2D eigenvalue weighted by Crippen LogP contribution is 2.35. The second-order valence-corrected chi connectivity index (χ2v) is 14.5. The highest BCUT2D eigenvalue weighted by molar-refractivity contribution is 7.17. The SMILES string of the molecule is CCOC(=O)c1sc(N2CC[C@@H](NC(=O)c3[nH]c(C)c(Cl)c3Cl)[C@@H](OC)C2)nc1-c1cnc(N2CCN(CC3CCCCC3)CC2)cn1. The Bertz CT molecular complexity index is 1570. The monoisotopic (exact) mass is 718 g/mol. The van der Waals surface area contributed by atoms with Crippen LogP contribution in [0.1, 0.15) is 71.3 Å². The standard InChI is InChI=1S/C33H44Cl2N8O4S/c1-4-47-32(45)30-28(23-16-37-25(17-36-23)42-14-12-41(13-15-42)18-21-8-6-5-7-9-21)40-33(48-30)43-11-10-22(24(19-43)46-3)39-31(44)29-27(35)26(34)20(2)38-29/h16-17,21-22,24,38H,4-15,18-19H2,1-3H3,(H,39,44)/t22-,24+/m1/s1. The van der Waals surface area contributed by atoms with Crippen LogP contribution in [0.3, 0.4) is 0 Å². The van der Waals surface area contributed by atoms with Crippen LogP contribution in [-0.2, 0) is 9.47 Å². The van der Waals surface area contributed by atoms with E-state index in [1.807, 2.05) is 0 Å². The summed E-state index contributed by atoms with van der Waals surface area (Å²) in [6.07, 6.45) is 10.6. The number of hydrogen-bond acceptors (Lipinski definition) is 11. The predicted molar refractivity (Wildman–Crippen MR) is 189 cm³/mol. The van der Waals surface area contributed by atoms with Crippen LogP contribution in [0.5, 0.6) is 0 Å². The van der Waals surface area contributed by atoms with Gasteiger partial charge < -0.3 is 29.6 Å². The summed E-state index contributed by atoms with van der Waals surface area (Å²) in [6.45, 7) is 9.90. The fourth-order valence-corrected chi connectivity index (χ4v) is 8.34. The largest absolute Gasteiger partial charge is 0.462 e. The minimum Gasteiger partial charge on any atom is -0.462 e. The summed E-state index contributed by atoms with van der Waals surface area (Å²) >= 11 is 13.7. The van der Waals surface area contributed by atoms with Gasteiger partial charge in [-0.05, 0) is 39.0 Å².